The second-order valence-electron chi connectivity index (χ2n) is 7.71. The number of amides is 1. The van der Waals surface area contributed by atoms with Crippen LogP contribution in [0.15, 0.2) is 30.3 Å². The lowest BCUT2D eigenvalue weighted by molar-refractivity contribution is -0.130. The predicted molar refractivity (Wildman–Crippen MR) is 96.7 cm³/mol. The Balaban J connectivity index is 0.00000192. The third-order valence-electron chi connectivity index (χ3n) is 5.78. The molecule has 1 aliphatic heterocycles. The molecule has 4 heteroatoms. The molecule has 3 atom stereocenters. The number of carbonyl (C=O) groups excluding carboxylic acids is 1. The predicted octanol–water partition coefficient (Wildman–Crippen LogP) is 3.36. The first kappa shape index (κ1) is 18.3. The number of fused-ring (bicyclic) bond motifs is 1. The van der Waals surface area contributed by atoms with Crippen LogP contribution in [0.3, 0.4) is 0 Å². The van der Waals surface area contributed by atoms with Gasteiger partial charge in [0.05, 0.1) is 0 Å². The van der Waals surface area contributed by atoms with Crippen molar-refractivity contribution in [2.75, 3.05) is 13.1 Å². The maximum Gasteiger partial charge on any atom is 0.222 e. The summed E-state index contributed by atoms with van der Waals surface area (Å²) in [5.41, 5.74) is 7.52. The third-order valence-corrected chi connectivity index (χ3v) is 5.78. The smallest absolute Gasteiger partial charge is 0.222 e. The topological polar surface area (TPSA) is 46.3 Å². The van der Waals surface area contributed by atoms with Gasteiger partial charge in [-0.05, 0) is 42.1 Å². The van der Waals surface area contributed by atoms with Gasteiger partial charge in [-0.2, -0.15) is 0 Å². The van der Waals surface area contributed by atoms with E-state index in [2.05, 4.69) is 43.0 Å². The van der Waals surface area contributed by atoms with E-state index in [0.29, 0.717) is 30.2 Å². The van der Waals surface area contributed by atoms with Gasteiger partial charge in [-0.15, -0.1) is 12.4 Å². The van der Waals surface area contributed by atoms with Crippen LogP contribution >= 0.6 is 12.4 Å². The molecule has 0 radical (unpaired) electrons. The number of likely N-dealkylation sites (tertiary alicyclic amines) is 1. The molecule has 3 rings (SSSR count). The fourth-order valence-corrected chi connectivity index (χ4v) is 4.12. The molecule has 23 heavy (non-hydrogen) atoms. The van der Waals surface area contributed by atoms with Crippen molar-refractivity contribution >= 4 is 18.3 Å². The van der Waals surface area contributed by atoms with Crippen LogP contribution < -0.4 is 5.73 Å². The van der Waals surface area contributed by atoms with Crippen LogP contribution in [0.4, 0.5) is 0 Å². The van der Waals surface area contributed by atoms with Gasteiger partial charge < -0.3 is 10.6 Å². The summed E-state index contributed by atoms with van der Waals surface area (Å²) in [5, 5.41) is 0. The van der Waals surface area contributed by atoms with Gasteiger partial charge in [0, 0.05) is 25.6 Å². The Morgan fingerprint density at radius 1 is 1.22 bits per heavy atom. The van der Waals surface area contributed by atoms with Gasteiger partial charge in [0.25, 0.3) is 0 Å². The van der Waals surface area contributed by atoms with Crippen molar-refractivity contribution in [3.05, 3.63) is 35.9 Å². The number of hydrogen-bond acceptors (Lipinski definition) is 2. The van der Waals surface area contributed by atoms with Crippen molar-refractivity contribution in [2.24, 2.45) is 17.6 Å². The van der Waals surface area contributed by atoms with Gasteiger partial charge >= 0.3 is 0 Å². The number of carbonyl (C=O) groups is 1. The molecular formula is C19H29ClN2O. The normalized spacial score (nSPS) is 26.7. The van der Waals surface area contributed by atoms with E-state index in [1.54, 1.807) is 0 Å². The molecule has 1 amide bonds. The molecule has 1 saturated heterocycles. The summed E-state index contributed by atoms with van der Waals surface area (Å²) in [6.45, 7) is 6.27. The van der Waals surface area contributed by atoms with Gasteiger partial charge in [-0.3, -0.25) is 4.79 Å². The number of hydrogen-bond donors (Lipinski definition) is 1. The highest BCUT2D eigenvalue weighted by Gasteiger charge is 2.42. The zero-order valence-corrected chi connectivity index (χ0v) is 15.0. The van der Waals surface area contributed by atoms with Crippen molar-refractivity contribution in [1.29, 1.82) is 0 Å². The van der Waals surface area contributed by atoms with E-state index < -0.39 is 0 Å². The van der Waals surface area contributed by atoms with Crippen molar-refractivity contribution in [3.63, 3.8) is 0 Å². The first-order chi connectivity index (χ1) is 10.5. The van der Waals surface area contributed by atoms with Gasteiger partial charge in [-0.25, -0.2) is 0 Å². The lowest BCUT2D eigenvalue weighted by Crippen LogP contribution is -2.34. The maximum atomic E-state index is 12.5. The van der Waals surface area contributed by atoms with E-state index in [0.717, 1.165) is 25.9 Å². The lowest BCUT2D eigenvalue weighted by atomic mass is 9.80. The molecule has 1 aliphatic carbocycles. The molecule has 1 aromatic carbocycles. The Labute approximate surface area is 146 Å². The molecule has 0 spiro atoms. The second-order valence-corrected chi connectivity index (χ2v) is 7.71. The zero-order valence-electron chi connectivity index (χ0n) is 14.2. The summed E-state index contributed by atoms with van der Waals surface area (Å²) in [5.74, 6) is 1.51. The van der Waals surface area contributed by atoms with Crippen LogP contribution in [0.2, 0.25) is 0 Å². The molecular weight excluding hydrogens is 308 g/mol. The highest BCUT2D eigenvalue weighted by molar-refractivity contribution is 5.85. The molecule has 2 fully saturated rings. The number of rotatable bonds is 4. The Morgan fingerprint density at radius 3 is 2.57 bits per heavy atom. The monoisotopic (exact) mass is 336 g/mol. The fourth-order valence-electron chi connectivity index (χ4n) is 4.12. The van der Waals surface area contributed by atoms with E-state index in [9.17, 15) is 4.79 Å². The minimum Gasteiger partial charge on any atom is -0.342 e. The van der Waals surface area contributed by atoms with Crippen LogP contribution in [0.25, 0.3) is 0 Å². The number of nitrogens with two attached hydrogens (primary N) is 1. The first-order valence-electron chi connectivity index (χ1n) is 8.56. The van der Waals surface area contributed by atoms with E-state index >= 15 is 0 Å². The molecule has 0 bridgehead atoms. The summed E-state index contributed by atoms with van der Waals surface area (Å²) in [7, 11) is 0. The van der Waals surface area contributed by atoms with Gasteiger partial charge in [0.15, 0.2) is 0 Å². The molecule has 0 aromatic heterocycles. The maximum absolute atomic E-state index is 12.5. The summed E-state index contributed by atoms with van der Waals surface area (Å²) in [6, 6.07) is 10.8. The minimum absolute atomic E-state index is 0. The van der Waals surface area contributed by atoms with Crippen LogP contribution in [-0.4, -0.2) is 29.9 Å². The van der Waals surface area contributed by atoms with E-state index in [1.165, 1.54) is 12.0 Å². The Kier molecular flexibility index (Phi) is 5.74. The summed E-state index contributed by atoms with van der Waals surface area (Å²) < 4.78 is 0. The second kappa shape index (κ2) is 7.23. The summed E-state index contributed by atoms with van der Waals surface area (Å²) in [4.78, 5) is 14.6. The number of benzene rings is 1. The molecule has 1 saturated carbocycles. The van der Waals surface area contributed by atoms with E-state index in [4.69, 9.17) is 5.73 Å². The van der Waals surface area contributed by atoms with E-state index in [1.807, 2.05) is 6.07 Å². The highest BCUT2D eigenvalue weighted by Crippen LogP contribution is 2.37. The van der Waals surface area contributed by atoms with E-state index in [-0.39, 0.29) is 17.8 Å². The Morgan fingerprint density at radius 2 is 1.91 bits per heavy atom. The van der Waals surface area contributed by atoms with Crippen LogP contribution in [0.5, 0.6) is 0 Å². The van der Waals surface area contributed by atoms with Crippen LogP contribution in [-0.2, 0) is 10.2 Å². The van der Waals surface area contributed by atoms with Crippen molar-refractivity contribution < 1.29 is 4.79 Å². The fraction of sp³-hybridized carbons (Fsp3) is 0.632. The van der Waals surface area contributed by atoms with Crippen molar-refractivity contribution in [1.82, 2.24) is 4.90 Å². The summed E-state index contributed by atoms with van der Waals surface area (Å²) >= 11 is 0. The largest absolute Gasteiger partial charge is 0.342 e. The van der Waals surface area contributed by atoms with Crippen molar-refractivity contribution in [3.8, 4) is 0 Å². The SMILES string of the molecule is CC(C)(CCC(=O)N1CC2CCC(N)C2C1)c1ccccc1.Cl. The zero-order chi connectivity index (χ0) is 15.7. The number of halogens is 1. The molecule has 3 unspecified atom stereocenters. The van der Waals surface area contributed by atoms with Crippen LogP contribution in [0, 0.1) is 11.8 Å². The molecule has 1 aromatic rings. The quantitative estimate of drug-likeness (QED) is 0.916. The average molecular weight is 337 g/mol. The van der Waals surface area contributed by atoms with Crippen LogP contribution in [0.1, 0.15) is 45.1 Å². The van der Waals surface area contributed by atoms with Gasteiger partial charge in [0.2, 0.25) is 5.91 Å². The third kappa shape index (κ3) is 3.89. The molecule has 3 nitrogen and oxygen atoms in total. The minimum atomic E-state index is 0. The molecule has 2 aliphatic rings. The van der Waals surface area contributed by atoms with Crippen molar-refractivity contribution in [2.45, 2.75) is 51.0 Å². The molecule has 1 heterocycles. The lowest BCUT2D eigenvalue weighted by Gasteiger charge is -2.26. The Bertz CT molecular complexity index is 531. The Hall–Kier alpha value is -1.06. The summed E-state index contributed by atoms with van der Waals surface area (Å²) in [6.07, 6.45) is 3.87. The number of nitrogens with zero attached hydrogens (tertiary/aromatic N) is 1. The molecule has 2 N–H and O–H groups in total. The van der Waals surface area contributed by atoms with Gasteiger partial charge in [0.1, 0.15) is 0 Å². The average Bonchev–Trinajstić information content (AvgIpc) is 3.08. The van der Waals surface area contributed by atoms with Gasteiger partial charge in [-0.1, -0.05) is 44.2 Å². The highest BCUT2D eigenvalue weighted by atomic mass is 35.5. The standard InChI is InChI=1S/C19H28N2O.ClH/c1-19(2,15-6-4-3-5-7-15)11-10-18(22)21-12-14-8-9-17(20)16(14)13-21;/h3-7,14,16-17H,8-13,20H2,1-2H3;1H. The first-order valence-corrected chi connectivity index (χ1v) is 8.56. The molecule has 128 valence electrons.